The van der Waals surface area contributed by atoms with Crippen molar-refractivity contribution in [1.82, 2.24) is 5.32 Å². The maximum absolute atomic E-state index is 5.23. The van der Waals surface area contributed by atoms with Crippen LogP contribution in [0.3, 0.4) is 0 Å². The molecule has 3 unspecified atom stereocenters. The second-order valence-electron chi connectivity index (χ2n) is 7.48. The molecule has 1 aromatic carbocycles. The molecular formula is C19H27NO. The maximum atomic E-state index is 5.23. The molecule has 2 bridgehead atoms. The summed E-state index contributed by atoms with van der Waals surface area (Å²) in [4.78, 5) is 0. The molecule has 0 spiro atoms. The molecule has 21 heavy (non-hydrogen) atoms. The van der Waals surface area contributed by atoms with E-state index in [9.17, 15) is 0 Å². The number of ether oxygens (including phenoxy) is 1. The van der Waals surface area contributed by atoms with E-state index in [1.807, 2.05) is 0 Å². The first-order valence-corrected chi connectivity index (χ1v) is 8.69. The van der Waals surface area contributed by atoms with E-state index in [-0.39, 0.29) is 0 Å². The number of hydrogen-bond donors (Lipinski definition) is 1. The van der Waals surface area contributed by atoms with Crippen LogP contribution in [0.2, 0.25) is 0 Å². The third-order valence-corrected chi connectivity index (χ3v) is 6.28. The fraction of sp³-hybridized carbons (Fsp3) is 0.684. The van der Waals surface area contributed by atoms with Crippen molar-refractivity contribution in [2.45, 2.75) is 50.5 Å². The third-order valence-electron chi connectivity index (χ3n) is 6.28. The van der Waals surface area contributed by atoms with Gasteiger partial charge in [-0.05, 0) is 80.0 Å². The van der Waals surface area contributed by atoms with Gasteiger partial charge in [0.2, 0.25) is 0 Å². The molecule has 3 aliphatic rings. The minimum atomic E-state index is 0.758. The first kappa shape index (κ1) is 13.6. The Labute approximate surface area is 128 Å². The Morgan fingerprint density at radius 3 is 2.48 bits per heavy atom. The molecule has 3 saturated carbocycles. The molecule has 0 radical (unpaired) electrons. The van der Waals surface area contributed by atoms with Gasteiger partial charge in [0.1, 0.15) is 5.75 Å². The highest BCUT2D eigenvalue weighted by Gasteiger charge is 2.40. The smallest absolute Gasteiger partial charge is 0.118 e. The molecule has 0 heterocycles. The molecule has 0 saturated heterocycles. The summed E-state index contributed by atoms with van der Waals surface area (Å²) in [5, 5.41) is 3.84. The lowest BCUT2D eigenvalue weighted by molar-refractivity contribution is 0.246. The van der Waals surface area contributed by atoms with Gasteiger partial charge in [-0.25, -0.2) is 0 Å². The second-order valence-corrected chi connectivity index (χ2v) is 7.48. The molecule has 2 heteroatoms. The zero-order chi connectivity index (χ0) is 14.2. The predicted octanol–water partition coefficient (Wildman–Crippen LogP) is 3.97. The van der Waals surface area contributed by atoms with Crippen molar-refractivity contribution in [2.24, 2.45) is 17.8 Å². The van der Waals surface area contributed by atoms with Gasteiger partial charge in [-0.1, -0.05) is 18.6 Å². The van der Waals surface area contributed by atoms with Gasteiger partial charge in [0.05, 0.1) is 7.11 Å². The van der Waals surface area contributed by atoms with Gasteiger partial charge >= 0.3 is 0 Å². The van der Waals surface area contributed by atoms with E-state index in [1.54, 1.807) is 7.11 Å². The van der Waals surface area contributed by atoms with Crippen LogP contribution >= 0.6 is 0 Å². The number of hydrogen-bond acceptors (Lipinski definition) is 2. The molecule has 0 aromatic heterocycles. The van der Waals surface area contributed by atoms with Crippen molar-refractivity contribution in [1.29, 1.82) is 0 Å². The van der Waals surface area contributed by atoms with Gasteiger partial charge in [0, 0.05) is 6.04 Å². The molecule has 0 aliphatic heterocycles. The molecule has 4 rings (SSSR count). The summed E-state index contributed by atoms with van der Waals surface area (Å²) in [6.45, 7) is 1.28. The van der Waals surface area contributed by atoms with Crippen molar-refractivity contribution >= 4 is 0 Å². The highest BCUT2D eigenvalue weighted by molar-refractivity contribution is 5.30. The topological polar surface area (TPSA) is 21.3 Å². The average molecular weight is 285 g/mol. The van der Waals surface area contributed by atoms with Gasteiger partial charge in [-0.2, -0.15) is 0 Å². The Balaban J connectivity index is 1.22. The van der Waals surface area contributed by atoms with Crippen LogP contribution in [-0.2, 0) is 0 Å². The largest absolute Gasteiger partial charge is 0.497 e. The van der Waals surface area contributed by atoms with Crippen LogP contribution in [0.5, 0.6) is 5.75 Å². The van der Waals surface area contributed by atoms with E-state index in [1.165, 1.54) is 50.6 Å². The molecule has 1 aromatic rings. The zero-order valence-corrected chi connectivity index (χ0v) is 13.1. The van der Waals surface area contributed by atoms with Crippen LogP contribution in [0, 0.1) is 17.8 Å². The standard InChI is InChI=1S/C19H27NO/c1-21-19-6-4-14(5-7-19)16-10-18(11-16)20-12-17-9-13-2-3-15(17)8-13/h4-7,13,15-18,20H,2-3,8-12H2,1H3. The lowest BCUT2D eigenvalue weighted by Gasteiger charge is -2.37. The Hall–Kier alpha value is -1.02. The van der Waals surface area contributed by atoms with Crippen LogP contribution in [0.15, 0.2) is 24.3 Å². The van der Waals surface area contributed by atoms with Crippen LogP contribution < -0.4 is 10.1 Å². The SMILES string of the molecule is COc1ccc(C2CC(NCC3CC4CCC3C4)C2)cc1. The molecule has 3 aliphatic carbocycles. The second kappa shape index (κ2) is 5.64. The van der Waals surface area contributed by atoms with Crippen molar-refractivity contribution in [3.05, 3.63) is 29.8 Å². The summed E-state index contributed by atoms with van der Waals surface area (Å²) in [6.07, 6.45) is 8.69. The van der Waals surface area contributed by atoms with Crippen LogP contribution in [0.4, 0.5) is 0 Å². The van der Waals surface area contributed by atoms with E-state index in [0.717, 1.165) is 35.5 Å². The van der Waals surface area contributed by atoms with Crippen LogP contribution in [-0.4, -0.2) is 19.7 Å². The Bertz CT molecular complexity index is 477. The number of fused-ring (bicyclic) bond motifs is 2. The zero-order valence-electron chi connectivity index (χ0n) is 13.1. The molecule has 3 atom stereocenters. The Morgan fingerprint density at radius 1 is 1.05 bits per heavy atom. The number of rotatable bonds is 5. The summed E-state index contributed by atoms with van der Waals surface area (Å²) < 4.78 is 5.23. The van der Waals surface area contributed by atoms with E-state index in [2.05, 4.69) is 29.6 Å². The lowest BCUT2D eigenvalue weighted by atomic mass is 9.75. The van der Waals surface area contributed by atoms with Crippen molar-refractivity contribution in [3.8, 4) is 5.75 Å². The fourth-order valence-corrected chi connectivity index (χ4v) is 4.88. The van der Waals surface area contributed by atoms with Crippen molar-refractivity contribution in [2.75, 3.05) is 13.7 Å². The summed E-state index contributed by atoms with van der Waals surface area (Å²) >= 11 is 0. The summed E-state index contributed by atoms with van der Waals surface area (Å²) in [5.74, 6) is 4.84. The van der Waals surface area contributed by atoms with Gasteiger partial charge in [-0.3, -0.25) is 0 Å². The first-order chi connectivity index (χ1) is 10.3. The fourth-order valence-electron chi connectivity index (χ4n) is 4.88. The summed E-state index contributed by atoms with van der Waals surface area (Å²) in [6, 6.07) is 9.40. The van der Waals surface area contributed by atoms with Crippen LogP contribution in [0.25, 0.3) is 0 Å². The van der Waals surface area contributed by atoms with E-state index < -0.39 is 0 Å². The molecule has 3 fully saturated rings. The predicted molar refractivity (Wildman–Crippen MR) is 85.7 cm³/mol. The molecule has 0 amide bonds. The van der Waals surface area contributed by atoms with E-state index in [4.69, 9.17) is 4.74 Å². The molecule has 1 N–H and O–H groups in total. The number of nitrogens with one attached hydrogen (secondary N) is 1. The van der Waals surface area contributed by atoms with Crippen molar-refractivity contribution < 1.29 is 4.74 Å². The molecule has 114 valence electrons. The van der Waals surface area contributed by atoms with Crippen molar-refractivity contribution in [3.63, 3.8) is 0 Å². The highest BCUT2D eigenvalue weighted by atomic mass is 16.5. The lowest BCUT2D eigenvalue weighted by Crippen LogP contribution is -2.42. The highest BCUT2D eigenvalue weighted by Crippen LogP contribution is 2.48. The first-order valence-electron chi connectivity index (χ1n) is 8.69. The molecular weight excluding hydrogens is 258 g/mol. The van der Waals surface area contributed by atoms with Gasteiger partial charge in [-0.15, -0.1) is 0 Å². The quantitative estimate of drug-likeness (QED) is 0.884. The number of benzene rings is 1. The molecule has 2 nitrogen and oxygen atoms in total. The monoisotopic (exact) mass is 285 g/mol. The van der Waals surface area contributed by atoms with Gasteiger partial charge in [0.15, 0.2) is 0 Å². The van der Waals surface area contributed by atoms with Crippen LogP contribution in [0.1, 0.15) is 50.0 Å². The van der Waals surface area contributed by atoms with Gasteiger partial charge < -0.3 is 10.1 Å². The summed E-state index contributed by atoms with van der Waals surface area (Å²) in [7, 11) is 1.73. The van der Waals surface area contributed by atoms with Gasteiger partial charge in [0.25, 0.3) is 0 Å². The Kier molecular flexibility index (Phi) is 3.66. The number of methoxy groups -OCH3 is 1. The van der Waals surface area contributed by atoms with E-state index >= 15 is 0 Å². The maximum Gasteiger partial charge on any atom is 0.118 e. The normalized spacial score (nSPS) is 37.5. The van der Waals surface area contributed by atoms with E-state index in [0.29, 0.717) is 0 Å². The summed E-state index contributed by atoms with van der Waals surface area (Å²) in [5.41, 5.74) is 1.48. The Morgan fingerprint density at radius 2 is 1.86 bits per heavy atom. The minimum Gasteiger partial charge on any atom is -0.497 e. The third kappa shape index (κ3) is 2.70. The minimum absolute atomic E-state index is 0.758. The average Bonchev–Trinajstić information content (AvgIpc) is 3.09.